The van der Waals surface area contributed by atoms with Crippen LogP contribution >= 0.6 is 15.9 Å². The van der Waals surface area contributed by atoms with E-state index in [-0.39, 0.29) is 10.6 Å². The molecule has 0 saturated heterocycles. The maximum absolute atomic E-state index is 14.1. The van der Waals surface area contributed by atoms with E-state index in [0.717, 1.165) is 10.0 Å². The van der Waals surface area contributed by atoms with Gasteiger partial charge in [-0.2, -0.15) is 0 Å². The Morgan fingerprint density at radius 2 is 1.81 bits per heavy atom. The lowest BCUT2D eigenvalue weighted by atomic mass is 10.0. The van der Waals surface area contributed by atoms with Gasteiger partial charge in [0.1, 0.15) is 5.82 Å². The lowest BCUT2D eigenvalue weighted by Gasteiger charge is -2.30. The Morgan fingerprint density at radius 3 is 2.52 bits per heavy atom. The molecule has 6 heteroatoms. The molecule has 3 rings (SSSR count). The molecule has 0 bridgehead atoms. The monoisotopic (exact) mass is 369 g/mol. The number of aryl methyl sites for hydroxylation is 1. The highest BCUT2D eigenvalue weighted by molar-refractivity contribution is 9.10. The van der Waals surface area contributed by atoms with Gasteiger partial charge in [0.15, 0.2) is 0 Å². The summed E-state index contributed by atoms with van der Waals surface area (Å²) in [6, 6.07) is 11.1. The fourth-order valence-electron chi connectivity index (χ4n) is 2.54. The molecule has 0 unspecified atom stereocenters. The van der Waals surface area contributed by atoms with Crippen molar-refractivity contribution in [1.29, 1.82) is 0 Å². The third-order valence-electron chi connectivity index (χ3n) is 3.53. The minimum absolute atomic E-state index is 0.168. The fourth-order valence-corrected chi connectivity index (χ4v) is 4.35. The second-order valence-electron chi connectivity index (χ2n) is 4.88. The van der Waals surface area contributed by atoms with Crippen molar-refractivity contribution in [3.8, 4) is 0 Å². The zero-order valence-electron chi connectivity index (χ0n) is 11.1. The van der Waals surface area contributed by atoms with Gasteiger partial charge in [0, 0.05) is 11.0 Å². The molecule has 110 valence electrons. The van der Waals surface area contributed by atoms with Gasteiger partial charge in [-0.1, -0.05) is 28.1 Å². The normalized spacial score (nSPS) is 14.9. The Hall–Kier alpha value is -1.40. The van der Waals surface area contributed by atoms with E-state index in [0.29, 0.717) is 19.4 Å². The Kier molecular flexibility index (Phi) is 3.75. The number of sulfonamides is 1. The van der Waals surface area contributed by atoms with Crippen LogP contribution in [0.4, 0.5) is 10.1 Å². The molecule has 0 aromatic heterocycles. The smallest absolute Gasteiger partial charge is 0.263 e. The number of nitrogens with zero attached hydrogens (tertiary/aromatic N) is 1. The van der Waals surface area contributed by atoms with Crippen LogP contribution < -0.4 is 4.31 Å². The first-order valence-electron chi connectivity index (χ1n) is 6.56. The van der Waals surface area contributed by atoms with Crippen LogP contribution in [0.1, 0.15) is 12.0 Å². The first-order valence-corrected chi connectivity index (χ1v) is 8.79. The summed E-state index contributed by atoms with van der Waals surface area (Å²) in [6.07, 6.45) is 1.38. The Bertz CT molecular complexity index is 775. The van der Waals surface area contributed by atoms with Gasteiger partial charge in [0.2, 0.25) is 0 Å². The fraction of sp³-hybridized carbons (Fsp3) is 0.200. The van der Waals surface area contributed by atoms with E-state index in [4.69, 9.17) is 0 Å². The predicted molar refractivity (Wildman–Crippen MR) is 83.4 cm³/mol. The Balaban J connectivity index is 2.12. The molecule has 0 N–H and O–H groups in total. The standard InChI is InChI=1S/C15H13BrFNO2S/c16-12-6-8-13(9-7-12)21(19,20)18-10-2-4-11-3-1-5-14(17)15(11)18/h1,3,5-9H,2,4,10H2. The SMILES string of the molecule is O=S(=O)(c1ccc(Br)cc1)N1CCCc2cccc(F)c21. The van der Waals surface area contributed by atoms with Crippen molar-refractivity contribution in [1.82, 2.24) is 0 Å². The molecule has 2 aromatic carbocycles. The van der Waals surface area contributed by atoms with Crippen LogP contribution in [0.5, 0.6) is 0 Å². The van der Waals surface area contributed by atoms with E-state index in [2.05, 4.69) is 15.9 Å². The zero-order chi connectivity index (χ0) is 15.0. The number of benzene rings is 2. The lowest BCUT2D eigenvalue weighted by Crippen LogP contribution is -2.36. The molecule has 0 radical (unpaired) electrons. The highest BCUT2D eigenvalue weighted by Crippen LogP contribution is 2.34. The summed E-state index contributed by atoms with van der Waals surface area (Å²) in [6.45, 7) is 0.298. The van der Waals surface area contributed by atoms with Gasteiger partial charge in [-0.25, -0.2) is 12.8 Å². The lowest BCUT2D eigenvalue weighted by molar-refractivity contribution is 0.577. The third kappa shape index (κ3) is 2.58. The van der Waals surface area contributed by atoms with Crippen molar-refractivity contribution in [2.75, 3.05) is 10.8 Å². The zero-order valence-corrected chi connectivity index (χ0v) is 13.5. The molecule has 0 spiro atoms. The molecule has 1 aliphatic heterocycles. The molecule has 0 fully saturated rings. The minimum Gasteiger partial charge on any atom is -0.263 e. The van der Waals surface area contributed by atoms with Gasteiger partial charge >= 0.3 is 0 Å². The molecule has 2 aromatic rings. The minimum atomic E-state index is -3.74. The summed E-state index contributed by atoms with van der Waals surface area (Å²) >= 11 is 3.28. The van der Waals surface area contributed by atoms with Crippen molar-refractivity contribution < 1.29 is 12.8 Å². The first kappa shape index (κ1) is 14.5. The number of hydrogen-bond donors (Lipinski definition) is 0. The van der Waals surface area contributed by atoms with Crippen molar-refractivity contribution in [3.63, 3.8) is 0 Å². The van der Waals surface area contributed by atoms with Crippen molar-refractivity contribution in [2.24, 2.45) is 0 Å². The number of anilines is 1. The molecule has 1 heterocycles. The predicted octanol–water partition coefficient (Wildman–Crippen LogP) is 3.73. The van der Waals surface area contributed by atoms with Crippen LogP contribution in [0.15, 0.2) is 51.8 Å². The van der Waals surface area contributed by atoms with Crippen LogP contribution in [0.25, 0.3) is 0 Å². The van der Waals surface area contributed by atoms with E-state index in [1.54, 1.807) is 24.3 Å². The molecule has 0 aliphatic carbocycles. The molecule has 1 aliphatic rings. The summed E-state index contributed by atoms with van der Waals surface area (Å²) in [4.78, 5) is 0.168. The van der Waals surface area contributed by atoms with E-state index in [1.165, 1.54) is 22.5 Å². The molecule has 0 atom stereocenters. The third-order valence-corrected chi connectivity index (χ3v) is 5.87. The number of fused-ring (bicyclic) bond motifs is 1. The summed E-state index contributed by atoms with van der Waals surface area (Å²) < 4.78 is 41.6. The molecule has 21 heavy (non-hydrogen) atoms. The average Bonchev–Trinajstić information content (AvgIpc) is 2.47. The summed E-state index contributed by atoms with van der Waals surface area (Å²) in [5, 5.41) is 0. The largest absolute Gasteiger partial charge is 0.264 e. The summed E-state index contributed by atoms with van der Waals surface area (Å²) in [5.41, 5.74) is 0.925. The van der Waals surface area contributed by atoms with Gasteiger partial charge in [-0.05, 0) is 48.7 Å². The van der Waals surface area contributed by atoms with Gasteiger partial charge < -0.3 is 0 Å². The maximum Gasteiger partial charge on any atom is 0.264 e. The molecule has 0 saturated carbocycles. The molecule has 3 nitrogen and oxygen atoms in total. The van der Waals surface area contributed by atoms with Crippen molar-refractivity contribution >= 4 is 31.6 Å². The second-order valence-corrected chi connectivity index (χ2v) is 7.66. The van der Waals surface area contributed by atoms with Gasteiger partial charge in [-0.3, -0.25) is 4.31 Å². The summed E-state index contributed by atoms with van der Waals surface area (Å²) in [5.74, 6) is -0.493. The highest BCUT2D eigenvalue weighted by atomic mass is 79.9. The van der Waals surface area contributed by atoms with E-state index < -0.39 is 15.8 Å². The first-order chi connectivity index (χ1) is 10.00. The summed E-state index contributed by atoms with van der Waals surface area (Å²) in [7, 11) is -3.74. The van der Waals surface area contributed by atoms with E-state index >= 15 is 0 Å². The molecular weight excluding hydrogens is 357 g/mol. The molecule has 0 amide bonds. The van der Waals surface area contributed by atoms with Gasteiger partial charge in [0.05, 0.1) is 10.6 Å². The number of rotatable bonds is 2. The van der Waals surface area contributed by atoms with E-state index in [9.17, 15) is 12.8 Å². The quantitative estimate of drug-likeness (QED) is 0.808. The van der Waals surface area contributed by atoms with Gasteiger partial charge in [-0.15, -0.1) is 0 Å². The number of halogens is 2. The number of hydrogen-bond acceptors (Lipinski definition) is 2. The second kappa shape index (κ2) is 5.42. The van der Waals surface area contributed by atoms with Crippen molar-refractivity contribution in [2.45, 2.75) is 17.7 Å². The average molecular weight is 370 g/mol. The molecular formula is C15H13BrFNO2S. The topological polar surface area (TPSA) is 37.4 Å². The van der Waals surface area contributed by atoms with Crippen LogP contribution in [-0.4, -0.2) is 15.0 Å². The van der Waals surface area contributed by atoms with Gasteiger partial charge in [0.25, 0.3) is 10.0 Å². The van der Waals surface area contributed by atoms with E-state index in [1.807, 2.05) is 0 Å². The van der Waals surface area contributed by atoms with Crippen LogP contribution in [0, 0.1) is 5.82 Å². The van der Waals surface area contributed by atoms with Crippen LogP contribution in [0.2, 0.25) is 0 Å². The Morgan fingerprint density at radius 1 is 1.10 bits per heavy atom. The maximum atomic E-state index is 14.1. The van der Waals surface area contributed by atoms with Crippen molar-refractivity contribution in [3.05, 3.63) is 58.3 Å². The van der Waals surface area contributed by atoms with Crippen LogP contribution in [-0.2, 0) is 16.4 Å². The highest BCUT2D eigenvalue weighted by Gasteiger charge is 2.31. The van der Waals surface area contributed by atoms with Crippen LogP contribution in [0.3, 0.4) is 0 Å². The number of para-hydroxylation sites is 1. The Labute approximate surface area is 131 Å².